The van der Waals surface area contributed by atoms with Crippen molar-refractivity contribution in [2.24, 2.45) is 0 Å². The third-order valence-electron chi connectivity index (χ3n) is 4.91. The highest BCUT2D eigenvalue weighted by Gasteiger charge is 2.36. The normalized spacial score (nSPS) is 26.1. The zero-order chi connectivity index (χ0) is 15.6. The SMILES string of the molecule is Cc1cnc(CN2CCN3[C@@H](COC[C@@H]3c3ccccc3)C2)[nH]1. The molecule has 1 aromatic heterocycles. The van der Waals surface area contributed by atoms with Gasteiger partial charge in [0.15, 0.2) is 0 Å². The van der Waals surface area contributed by atoms with Crippen molar-refractivity contribution in [3.05, 3.63) is 53.6 Å². The molecule has 2 saturated heterocycles. The van der Waals surface area contributed by atoms with Gasteiger partial charge in [-0.2, -0.15) is 0 Å². The van der Waals surface area contributed by atoms with Crippen LogP contribution in [-0.2, 0) is 11.3 Å². The number of aromatic nitrogens is 2. The van der Waals surface area contributed by atoms with Crippen LogP contribution in [0.1, 0.15) is 23.1 Å². The zero-order valence-electron chi connectivity index (χ0n) is 13.6. The Balaban J connectivity index is 1.44. The second kappa shape index (κ2) is 6.43. The fourth-order valence-electron chi connectivity index (χ4n) is 3.77. The van der Waals surface area contributed by atoms with Gasteiger partial charge in [-0.1, -0.05) is 30.3 Å². The number of hydrogen-bond acceptors (Lipinski definition) is 4. The zero-order valence-corrected chi connectivity index (χ0v) is 13.6. The maximum atomic E-state index is 5.92. The molecule has 23 heavy (non-hydrogen) atoms. The molecule has 0 aliphatic carbocycles. The Kier molecular flexibility index (Phi) is 4.16. The lowest BCUT2D eigenvalue weighted by Gasteiger charge is -2.48. The standard InChI is InChI=1S/C18H24N4O/c1-14-9-19-18(20-14)11-21-7-8-22-16(10-21)12-23-13-17(22)15-5-3-2-4-6-15/h2-6,9,16-17H,7-8,10-13H2,1H3,(H,19,20)/t16-,17-/m1/s1. The second-order valence-electron chi connectivity index (χ2n) is 6.60. The molecule has 0 unspecified atom stereocenters. The van der Waals surface area contributed by atoms with Crippen molar-refractivity contribution in [2.45, 2.75) is 25.6 Å². The molecule has 4 rings (SSSR count). The van der Waals surface area contributed by atoms with E-state index in [4.69, 9.17) is 4.74 Å². The lowest BCUT2D eigenvalue weighted by atomic mass is 10.0. The van der Waals surface area contributed by atoms with Crippen molar-refractivity contribution in [1.29, 1.82) is 0 Å². The number of nitrogens with zero attached hydrogens (tertiary/aromatic N) is 3. The minimum atomic E-state index is 0.392. The molecule has 1 aromatic carbocycles. The maximum absolute atomic E-state index is 5.92. The summed E-state index contributed by atoms with van der Waals surface area (Å²) in [5.74, 6) is 1.06. The first-order valence-corrected chi connectivity index (χ1v) is 8.41. The predicted octanol–water partition coefficient (Wildman–Crippen LogP) is 1.98. The van der Waals surface area contributed by atoms with Crippen LogP contribution in [0.25, 0.3) is 0 Å². The number of nitrogens with one attached hydrogen (secondary N) is 1. The largest absolute Gasteiger partial charge is 0.378 e. The molecular weight excluding hydrogens is 288 g/mol. The Morgan fingerprint density at radius 3 is 2.87 bits per heavy atom. The minimum Gasteiger partial charge on any atom is -0.378 e. The number of morpholine rings is 1. The Morgan fingerprint density at radius 2 is 2.09 bits per heavy atom. The van der Waals surface area contributed by atoms with Crippen LogP contribution in [0.15, 0.2) is 36.5 Å². The maximum Gasteiger partial charge on any atom is 0.120 e. The number of piperazine rings is 1. The molecule has 2 aliphatic heterocycles. The molecule has 0 saturated carbocycles. The molecule has 5 heteroatoms. The van der Waals surface area contributed by atoms with E-state index in [1.807, 2.05) is 13.1 Å². The number of aryl methyl sites for hydroxylation is 1. The molecule has 0 spiro atoms. The van der Waals surface area contributed by atoms with Gasteiger partial charge in [0.25, 0.3) is 0 Å². The summed E-state index contributed by atoms with van der Waals surface area (Å²) >= 11 is 0. The summed E-state index contributed by atoms with van der Waals surface area (Å²) in [5, 5.41) is 0. The van der Waals surface area contributed by atoms with Crippen molar-refractivity contribution in [2.75, 3.05) is 32.8 Å². The first-order valence-electron chi connectivity index (χ1n) is 8.41. The molecule has 1 N–H and O–H groups in total. The topological polar surface area (TPSA) is 44.4 Å². The number of benzene rings is 1. The molecule has 5 nitrogen and oxygen atoms in total. The Labute approximate surface area is 137 Å². The summed E-state index contributed by atoms with van der Waals surface area (Å²) in [6.07, 6.45) is 1.90. The Morgan fingerprint density at radius 1 is 1.22 bits per heavy atom. The van der Waals surface area contributed by atoms with E-state index < -0.39 is 0 Å². The molecule has 0 amide bonds. The van der Waals surface area contributed by atoms with Gasteiger partial charge in [-0.3, -0.25) is 9.80 Å². The lowest BCUT2D eigenvalue weighted by molar-refractivity contribution is -0.0838. The molecule has 2 aliphatic rings. The highest BCUT2D eigenvalue weighted by Crippen LogP contribution is 2.29. The summed E-state index contributed by atoms with van der Waals surface area (Å²) in [6.45, 7) is 7.80. The number of rotatable bonds is 3. The molecule has 2 atom stereocenters. The van der Waals surface area contributed by atoms with Gasteiger partial charge in [0.2, 0.25) is 0 Å². The van der Waals surface area contributed by atoms with Gasteiger partial charge in [-0.25, -0.2) is 4.98 Å². The van der Waals surface area contributed by atoms with Gasteiger partial charge in [-0.05, 0) is 12.5 Å². The van der Waals surface area contributed by atoms with E-state index in [0.717, 1.165) is 50.9 Å². The fraction of sp³-hybridized carbons (Fsp3) is 0.500. The Bertz CT molecular complexity index is 641. The van der Waals surface area contributed by atoms with Gasteiger partial charge in [0, 0.05) is 37.6 Å². The molecule has 3 heterocycles. The summed E-state index contributed by atoms with van der Waals surface area (Å²) in [6, 6.07) is 11.6. The number of ether oxygens (including phenoxy) is 1. The van der Waals surface area contributed by atoms with E-state index in [2.05, 4.69) is 50.1 Å². The average molecular weight is 312 g/mol. The van der Waals surface area contributed by atoms with E-state index in [-0.39, 0.29) is 0 Å². The molecule has 2 fully saturated rings. The number of hydrogen-bond donors (Lipinski definition) is 1. The first-order chi connectivity index (χ1) is 11.3. The van der Waals surface area contributed by atoms with Gasteiger partial charge in [-0.15, -0.1) is 0 Å². The van der Waals surface area contributed by atoms with E-state index in [9.17, 15) is 0 Å². The molecule has 122 valence electrons. The van der Waals surface area contributed by atoms with Crippen LogP contribution in [0.3, 0.4) is 0 Å². The Hall–Kier alpha value is -1.69. The van der Waals surface area contributed by atoms with Crippen LogP contribution in [0.2, 0.25) is 0 Å². The summed E-state index contributed by atoms with van der Waals surface area (Å²) in [7, 11) is 0. The first kappa shape index (κ1) is 14.9. The van der Waals surface area contributed by atoms with Crippen LogP contribution >= 0.6 is 0 Å². The quantitative estimate of drug-likeness (QED) is 0.941. The van der Waals surface area contributed by atoms with Crippen molar-refractivity contribution in [1.82, 2.24) is 19.8 Å². The highest BCUT2D eigenvalue weighted by molar-refractivity contribution is 5.20. The summed E-state index contributed by atoms with van der Waals surface area (Å²) < 4.78 is 5.92. The van der Waals surface area contributed by atoms with Crippen LogP contribution < -0.4 is 0 Å². The van der Waals surface area contributed by atoms with E-state index in [1.165, 1.54) is 5.56 Å². The number of aromatic amines is 1. The summed E-state index contributed by atoms with van der Waals surface area (Å²) in [5.41, 5.74) is 2.50. The van der Waals surface area contributed by atoms with Gasteiger partial charge in [0.05, 0.1) is 25.8 Å². The van der Waals surface area contributed by atoms with Crippen LogP contribution in [-0.4, -0.2) is 58.7 Å². The second-order valence-corrected chi connectivity index (χ2v) is 6.60. The van der Waals surface area contributed by atoms with Crippen LogP contribution in [0, 0.1) is 6.92 Å². The fourth-order valence-corrected chi connectivity index (χ4v) is 3.77. The molecule has 0 radical (unpaired) electrons. The van der Waals surface area contributed by atoms with Crippen molar-refractivity contribution in [3.8, 4) is 0 Å². The third kappa shape index (κ3) is 3.17. The van der Waals surface area contributed by atoms with Gasteiger partial charge in [0.1, 0.15) is 5.82 Å². The molecule has 0 bridgehead atoms. The van der Waals surface area contributed by atoms with Crippen molar-refractivity contribution < 1.29 is 4.74 Å². The summed E-state index contributed by atoms with van der Waals surface area (Å²) in [4.78, 5) is 12.9. The lowest BCUT2D eigenvalue weighted by Crippen LogP contribution is -2.58. The smallest absolute Gasteiger partial charge is 0.120 e. The number of H-pyrrole nitrogens is 1. The third-order valence-corrected chi connectivity index (χ3v) is 4.91. The van der Waals surface area contributed by atoms with E-state index in [0.29, 0.717) is 12.1 Å². The monoisotopic (exact) mass is 312 g/mol. The van der Waals surface area contributed by atoms with Gasteiger partial charge < -0.3 is 9.72 Å². The van der Waals surface area contributed by atoms with Crippen molar-refractivity contribution >= 4 is 0 Å². The van der Waals surface area contributed by atoms with Crippen LogP contribution in [0.4, 0.5) is 0 Å². The highest BCUT2D eigenvalue weighted by atomic mass is 16.5. The molecule has 2 aromatic rings. The van der Waals surface area contributed by atoms with E-state index >= 15 is 0 Å². The van der Waals surface area contributed by atoms with Crippen molar-refractivity contribution in [3.63, 3.8) is 0 Å². The number of fused-ring (bicyclic) bond motifs is 1. The average Bonchev–Trinajstić information content (AvgIpc) is 3.00. The van der Waals surface area contributed by atoms with Gasteiger partial charge >= 0.3 is 0 Å². The van der Waals surface area contributed by atoms with Crippen LogP contribution in [0.5, 0.6) is 0 Å². The minimum absolute atomic E-state index is 0.392. The number of imidazole rings is 1. The van der Waals surface area contributed by atoms with E-state index in [1.54, 1.807) is 0 Å². The predicted molar refractivity (Wildman–Crippen MR) is 89.1 cm³/mol. The molecular formula is C18H24N4O.